The summed E-state index contributed by atoms with van der Waals surface area (Å²) < 4.78 is 22.1. The van der Waals surface area contributed by atoms with Crippen molar-refractivity contribution in [3.8, 4) is 0 Å². The second-order valence-electron chi connectivity index (χ2n) is 11.3. The van der Waals surface area contributed by atoms with Crippen molar-refractivity contribution in [3.63, 3.8) is 0 Å². The van der Waals surface area contributed by atoms with Gasteiger partial charge in [-0.15, -0.1) is 0 Å². The van der Waals surface area contributed by atoms with E-state index in [9.17, 15) is 19.5 Å². The van der Waals surface area contributed by atoms with Crippen LogP contribution in [-0.4, -0.2) is 55.4 Å². The van der Waals surface area contributed by atoms with Crippen LogP contribution in [-0.2, 0) is 28.6 Å². The van der Waals surface area contributed by atoms with Crippen LogP contribution >= 0.6 is 0 Å². The lowest BCUT2D eigenvalue weighted by molar-refractivity contribution is -0.216. The van der Waals surface area contributed by atoms with Gasteiger partial charge in [0.2, 0.25) is 0 Å². The number of fused-ring (bicyclic) bond motifs is 4. The fourth-order valence-corrected chi connectivity index (χ4v) is 8.29. The molecule has 36 heavy (non-hydrogen) atoms. The number of carbonyl (C=O) groups excluding carboxylic acids is 3. The smallest absolute Gasteiger partial charge is 0.315 e. The number of methoxy groups -OCH3 is 2. The van der Waals surface area contributed by atoms with E-state index >= 15 is 0 Å². The zero-order chi connectivity index (χ0) is 26.2. The van der Waals surface area contributed by atoms with Crippen LogP contribution < -0.4 is 0 Å². The molecule has 0 bridgehead atoms. The van der Waals surface area contributed by atoms with E-state index < -0.39 is 52.2 Å². The summed E-state index contributed by atoms with van der Waals surface area (Å²) in [6.07, 6.45) is 4.78. The predicted octanol–water partition coefficient (Wildman–Crippen LogP) is 3.35. The second kappa shape index (κ2) is 8.15. The third-order valence-corrected chi connectivity index (χ3v) is 9.87. The lowest BCUT2D eigenvalue weighted by atomic mass is 9.41. The fourth-order valence-electron chi connectivity index (χ4n) is 8.29. The summed E-state index contributed by atoms with van der Waals surface area (Å²) in [4.78, 5) is 39.6. The van der Waals surface area contributed by atoms with Crippen molar-refractivity contribution in [2.24, 2.45) is 28.1 Å². The van der Waals surface area contributed by atoms with E-state index in [0.717, 1.165) is 16.7 Å². The van der Waals surface area contributed by atoms with Crippen molar-refractivity contribution >= 4 is 17.7 Å². The third-order valence-electron chi connectivity index (χ3n) is 9.87. The fraction of sp³-hybridized carbons (Fsp3) is 0.607. The first-order valence-electron chi connectivity index (χ1n) is 12.4. The molecule has 3 aliphatic carbocycles. The minimum atomic E-state index is -1.28. The molecule has 4 aliphatic rings. The van der Waals surface area contributed by atoms with Crippen LogP contribution in [0.3, 0.4) is 0 Å². The first kappa shape index (κ1) is 25.0. The Morgan fingerprint density at radius 2 is 1.89 bits per heavy atom. The molecule has 1 saturated carbocycles. The summed E-state index contributed by atoms with van der Waals surface area (Å²) in [6, 6.07) is 1.94. The highest BCUT2D eigenvalue weighted by Crippen LogP contribution is 2.70. The van der Waals surface area contributed by atoms with Crippen molar-refractivity contribution in [2.75, 3.05) is 14.2 Å². The zero-order valence-corrected chi connectivity index (χ0v) is 21.6. The molecule has 1 aromatic heterocycles. The molecule has 8 heteroatoms. The molecule has 194 valence electrons. The Morgan fingerprint density at radius 1 is 1.17 bits per heavy atom. The van der Waals surface area contributed by atoms with E-state index in [1.54, 1.807) is 26.4 Å². The number of rotatable bonds is 4. The van der Waals surface area contributed by atoms with Gasteiger partial charge in [0.15, 0.2) is 5.78 Å². The largest absolute Gasteiger partial charge is 0.472 e. The standard InChI is InChI=1S/C28H34O8/c1-14-16(15-8-10-35-13-15)11-17-21(14)28(4)18(12-20(30)33-5)27(3)19(29)7-9-26(2,25(32)34-6)23(27)22(31)24(28)36-17/h7-10,13,16-18,22-24,31H,11-12H2,1-6H3/t16-,17-,18-,22-,23+,24+,26-,27-,28-/m1/s1. The molecule has 1 saturated heterocycles. The summed E-state index contributed by atoms with van der Waals surface area (Å²) in [5.74, 6) is -2.60. The third kappa shape index (κ3) is 2.97. The van der Waals surface area contributed by atoms with Gasteiger partial charge < -0.3 is 23.7 Å². The number of aliphatic hydroxyl groups is 1. The van der Waals surface area contributed by atoms with Crippen molar-refractivity contribution < 1.29 is 38.1 Å². The van der Waals surface area contributed by atoms with Crippen LogP contribution in [0.25, 0.3) is 0 Å². The van der Waals surface area contributed by atoms with Gasteiger partial charge in [0, 0.05) is 22.7 Å². The Kier molecular flexibility index (Phi) is 5.65. The topological polar surface area (TPSA) is 112 Å². The highest BCUT2D eigenvalue weighted by Gasteiger charge is 2.74. The number of hydrogen-bond donors (Lipinski definition) is 1. The highest BCUT2D eigenvalue weighted by molar-refractivity contribution is 5.99. The van der Waals surface area contributed by atoms with Gasteiger partial charge in [0.1, 0.15) is 0 Å². The molecule has 9 atom stereocenters. The van der Waals surface area contributed by atoms with Crippen LogP contribution in [0.15, 0.2) is 46.3 Å². The molecule has 1 aliphatic heterocycles. The van der Waals surface area contributed by atoms with Gasteiger partial charge in [-0.05, 0) is 49.5 Å². The molecule has 8 nitrogen and oxygen atoms in total. The molecule has 2 fully saturated rings. The number of ketones is 1. The van der Waals surface area contributed by atoms with Crippen LogP contribution in [0.2, 0.25) is 0 Å². The van der Waals surface area contributed by atoms with Crippen LogP contribution in [0.4, 0.5) is 0 Å². The summed E-state index contributed by atoms with van der Waals surface area (Å²) in [5.41, 5.74) is -0.215. The number of ether oxygens (including phenoxy) is 3. The van der Waals surface area contributed by atoms with E-state index in [4.69, 9.17) is 18.6 Å². The van der Waals surface area contributed by atoms with Crippen LogP contribution in [0.5, 0.6) is 0 Å². The van der Waals surface area contributed by atoms with E-state index in [1.807, 2.05) is 13.0 Å². The SMILES string of the molecule is COC(=O)C[C@@H]1[C@]2(C)C(=O)C=C[C@@](C)(C(=O)OC)[C@@H]2[C@@H](O)[C@@H]2O[C@@H]3C[C@@H](c4ccoc4)C(C)=C3[C@@]12C. The van der Waals surface area contributed by atoms with Gasteiger partial charge in [-0.3, -0.25) is 14.4 Å². The molecular weight excluding hydrogens is 464 g/mol. The predicted molar refractivity (Wildman–Crippen MR) is 128 cm³/mol. The van der Waals surface area contributed by atoms with Crippen molar-refractivity contribution in [3.05, 3.63) is 47.5 Å². The summed E-state index contributed by atoms with van der Waals surface area (Å²) in [7, 11) is 2.62. The average molecular weight is 499 g/mol. The molecule has 5 rings (SSSR count). The van der Waals surface area contributed by atoms with Gasteiger partial charge >= 0.3 is 11.9 Å². The van der Waals surface area contributed by atoms with E-state index in [1.165, 1.54) is 26.4 Å². The number of carbonyl (C=O) groups is 3. The summed E-state index contributed by atoms with van der Waals surface area (Å²) >= 11 is 0. The van der Waals surface area contributed by atoms with Gasteiger partial charge in [0.25, 0.3) is 0 Å². The highest BCUT2D eigenvalue weighted by atomic mass is 16.5. The molecule has 1 aromatic rings. The Bertz CT molecular complexity index is 1160. The van der Waals surface area contributed by atoms with Gasteiger partial charge in [-0.2, -0.15) is 0 Å². The number of allylic oxidation sites excluding steroid dienone is 2. The minimum Gasteiger partial charge on any atom is -0.472 e. The number of esters is 2. The molecule has 2 heterocycles. The monoisotopic (exact) mass is 498 g/mol. The maximum atomic E-state index is 13.8. The Hall–Kier alpha value is -2.71. The molecule has 0 unspecified atom stereocenters. The average Bonchev–Trinajstić information content (AvgIpc) is 3.56. The van der Waals surface area contributed by atoms with Crippen LogP contribution in [0, 0.1) is 28.1 Å². The lowest BCUT2D eigenvalue weighted by Crippen LogP contribution is -2.69. The number of aliphatic hydroxyl groups excluding tert-OH is 1. The Morgan fingerprint density at radius 3 is 2.50 bits per heavy atom. The van der Waals surface area contributed by atoms with Gasteiger partial charge in [0.05, 0.1) is 56.9 Å². The Labute approximate surface area is 210 Å². The van der Waals surface area contributed by atoms with Gasteiger partial charge in [-0.1, -0.05) is 25.5 Å². The quantitative estimate of drug-likeness (QED) is 0.497. The normalized spacial score (nSPS) is 43.1. The van der Waals surface area contributed by atoms with E-state index in [-0.39, 0.29) is 24.2 Å². The molecule has 1 N–H and O–H groups in total. The second-order valence-corrected chi connectivity index (χ2v) is 11.3. The molecule has 0 aromatic carbocycles. The molecular formula is C28H34O8. The first-order valence-corrected chi connectivity index (χ1v) is 12.4. The van der Waals surface area contributed by atoms with E-state index in [0.29, 0.717) is 6.42 Å². The van der Waals surface area contributed by atoms with Crippen molar-refractivity contribution in [1.29, 1.82) is 0 Å². The maximum absolute atomic E-state index is 13.8. The van der Waals surface area contributed by atoms with Gasteiger partial charge in [-0.25, -0.2) is 0 Å². The summed E-state index contributed by atoms with van der Waals surface area (Å²) in [6.45, 7) is 7.50. The van der Waals surface area contributed by atoms with Crippen molar-refractivity contribution in [1.82, 2.24) is 0 Å². The molecule has 0 spiro atoms. The van der Waals surface area contributed by atoms with E-state index in [2.05, 4.69) is 6.92 Å². The van der Waals surface area contributed by atoms with Crippen LogP contribution in [0.1, 0.15) is 52.0 Å². The number of furan rings is 1. The zero-order valence-electron chi connectivity index (χ0n) is 21.6. The molecule has 0 radical (unpaired) electrons. The number of hydrogen-bond acceptors (Lipinski definition) is 8. The van der Waals surface area contributed by atoms with Crippen molar-refractivity contribution in [2.45, 2.75) is 64.8 Å². The molecule has 0 amide bonds. The lowest BCUT2D eigenvalue weighted by Gasteiger charge is -2.61. The first-order chi connectivity index (χ1) is 17.0. The maximum Gasteiger partial charge on any atom is 0.315 e. The Balaban J connectivity index is 1.73. The summed E-state index contributed by atoms with van der Waals surface area (Å²) in [5, 5.41) is 11.9. The minimum absolute atomic E-state index is 0.0523.